The van der Waals surface area contributed by atoms with Gasteiger partial charge in [0, 0.05) is 6.08 Å². The van der Waals surface area contributed by atoms with Crippen molar-refractivity contribution in [3.8, 4) is 5.75 Å². The molecule has 0 saturated carbocycles. The number of nitrogens with two attached hydrogens (primary N) is 1. The minimum absolute atomic E-state index is 0.392. The Labute approximate surface area is 152 Å². The Hall–Kier alpha value is -1.24. The molecular weight excluding hydrogens is 436 g/mol. The fourth-order valence-electron chi connectivity index (χ4n) is 1.71. The van der Waals surface area contributed by atoms with Gasteiger partial charge in [0.15, 0.2) is 0 Å². The van der Waals surface area contributed by atoms with Crippen LogP contribution in [0.4, 0.5) is 0 Å². The van der Waals surface area contributed by atoms with Crippen molar-refractivity contribution in [1.29, 1.82) is 0 Å². The van der Waals surface area contributed by atoms with Crippen LogP contribution < -0.4 is 10.5 Å². The molecule has 1 amide bonds. The lowest BCUT2D eigenvalue weighted by Crippen LogP contribution is -2.05. The summed E-state index contributed by atoms with van der Waals surface area (Å²) in [7, 11) is 0. The molecule has 0 unspecified atom stereocenters. The van der Waals surface area contributed by atoms with Gasteiger partial charge in [-0.2, -0.15) is 0 Å². The lowest BCUT2D eigenvalue weighted by atomic mass is 10.2. The first kappa shape index (κ1) is 17.1. The lowest BCUT2D eigenvalue weighted by molar-refractivity contribution is -0.113. The summed E-state index contributed by atoms with van der Waals surface area (Å²) < 4.78 is 6.71. The first-order chi connectivity index (χ1) is 10.5. The summed E-state index contributed by atoms with van der Waals surface area (Å²) in [5.41, 5.74) is 6.88. The van der Waals surface area contributed by atoms with E-state index in [-0.39, 0.29) is 0 Å². The molecular formula is C16H12Cl2INO2. The lowest BCUT2D eigenvalue weighted by Gasteiger charge is -2.09. The van der Waals surface area contributed by atoms with Gasteiger partial charge in [0.2, 0.25) is 5.91 Å². The number of benzene rings is 2. The van der Waals surface area contributed by atoms with Crippen LogP contribution in [0, 0.1) is 3.57 Å². The van der Waals surface area contributed by atoms with Crippen LogP contribution in [-0.2, 0) is 11.4 Å². The van der Waals surface area contributed by atoms with Crippen molar-refractivity contribution >= 4 is 57.8 Å². The van der Waals surface area contributed by atoms with E-state index in [1.807, 2.05) is 24.3 Å². The van der Waals surface area contributed by atoms with Gasteiger partial charge in [0.1, 0.15) is 12.4 Å². The maximum Gasteiger partial charge on any atom is 0.241 e. The number of ether oxygens (including phenoxy) is 1. The van der Waals surface area contributed by atoms with E-state index >= 15 is 0 Å². The maximum absolute atomic E-state index is 10.7. The Balaban J connectivity index is 2.06. The monoisotopic (exact) mass is 447 g/mol. The van der Waals surface area contributed by atoms with Crippen LogP contribution >= 0.6 is 45.8 Å². The normalized spacial score (nSPS) is 10.9. The van der Waals surface area contributed by atoms with E-state index in [0.717, 1.165) is 20.4 Å². The molecule has 2 N–H and O–H groups in total. The predicted molar refractivity (Wildman–Crippen MR) is 98.2 cm³/mol. The Bertz CT molecular complexity index is 732. The zero-order chi connectivity index (χ0) is 16.1. The molecule has 0 bridgehead atoms. The summed E-state index contributed by atoms with van der Waals surface area (Å²) in [5.74, 6) is 0.276. The van der Waals surface area contributed by atoms with Gasteiger partial charge in [-0.25, -0.2) is 0 Å². The van der Waals surface area contributed by atoms with Crippen LogP contribution in [-0.4, -0.2) is 5.91 Å². The highest BCUT2D eigenvalue weighted by Gasteiger charge is 2.04. The van der Waals surface area contributed by atoms with Crippen LogP contribution in [0.25, 0.3) is 6.08 Å². The largest absolute Gasteiger partial charge is 0.488 e. The topological polar surface area (TPSA) is 52.3 Å². The molecule has 2 rings (SSSR count). The first-order valence-corrected chi connectivity index (χ1v) is 8.13. The van der Waals surface area contributed by atoms with Gasteiger partial charge >= 0.3 is 0 Å². The van der Waals surface area contributed by atoms with Gasteiger partial charge in [-0.3, -0.25) is 4.79 Å². The highest BCUT2D eigenvalue weighted by molar-refractivity contribution is 14.1. The van der Waals surface area contributed by atoms with E-state index in [1.165, 1.54) is 6.08 Å². The van der Waals surface area contributed by atoms with Gasteiger partial charge in [0.25, 0.3) is 0 Å². The van der Waals surface area contributed by atoms with Crippen molar-refractivity contribution in [2.75, 3.05) is 0 Å². The molecule has 0 fully saturated rings. The van der Waals surface area contributed by atoms with Crippen molar-refractivity contribution in [2.24, 2.45) is 5.73 Å². The molecule has 22 heavy (non-hydrogen) atoms. The molecule has 114 valence electrons. The Kier molecular flexibility index (Phi) is 6.11. The second-order valence-electron chi connectivity index (χ2n) is 4.46. The third-order valence-electron chi connectivity index (χ3n) is 2.77. The molecule has 2 aromatic rings. The zero-order valence-corrected chi connectivity index (χ0v) is 15.0. The summed E-state index contributed by atoms with van der Waals surface area (Å²) in [6.07, 6.45) is 2.98. The zero-order valence-electron chi connectivity index (χ0n) is 11.4. The van der Waals surface area contributed by atoms with Gasteiger partial charge < -0.3 is 10.5 Å². The van der Waals surface area contributed by atoms with Gasteiger partial charge in [-0.05, 0) is 64.1 Å². The maximum atomic E-state index is 10.7. The molecule has 0 aliphatic carbocycles. The fraction of sp³-hybridized carbons (Fsp3) is 0.0625. The van der Waals surface area contributed by atoms with Crippen molar-refractivity contribution in [1.82, 2.24) is 0 Å². The second kappa shape index (κ2) is 7.85. The fourth-order valence-corrected chi connectivity index (χ4v) is 2.72. The summed E-state index contributed by atoms with van der Waals surface area (Å²) in [5, 5.41) is 1.02. The summed E-state index contributed by atoms with van der Waals surface area (Å²) in [4.78, 5) is 10.7. The second-order valence-corrected chi connectivity index (χ2v) is 6.44. The highest BCUT2D eigenvalue weighted by Crippen LogP contribution is 2.26. The summed E-state index contributed by atoms with van der Waals surface area (Å²) in [6.45, 7) is 0.392. The molecule has 0 atom stereocenters. The predicted octanol–water partition coefficient (Wildman–Crippen LogP) is 4.68. The summed E-state index contributed by atoms with van der Waals surface area (Å²) >= 11 is 14.0. The molecule has 0 radical (unpaired) electrons. The molecule has 0 saturated heterocycles. The minimum atomic E-state index is -0.477. The molecule has 0 spiro atoms. The Morgan fingerprint density at radius 1 is 1.18 bits per heavy atom. The van der Waals surface area contributed by atoms with Crippen LogP contribution in [0.5, 0.6) is 5.75 Å². The minimum Gasteiger partial charge on any atom is -0.488 e. The Morgan fingerprint density at radius 2 is 1.95 bits per heavy atom. The van der Waals surface area contributed by atoms with Crippen LogP contribution in [0.2, 0.25) is 10.0 Å². The van der Waals surface area contributed by atoms with Crippen molar-refractivity contribution in [3.63, 3.8) is 0 Å². The van der Waals surface area contributed by atoms with Gasteiger partial charge in [-0.15, -0.1) is 0 Å². The molecule has 2 aromatic carbocycles. The Morgan fingerprint density at radius 3 is 2.59 bits per heavy atom. The van der Waals surface area contributed by atoms with Crippen molar-refractivity contribution < 1.29 is 9.53 Å². The van der Waals surface area contributed by atoms with E-state index < -0.39 is 5.91 Å². The van der Waals surface area contributed by atoms with Crippen LogP contribution in [0.3, 0.4) is 0 Å². The highest BCUT2D eigenvalue weighted by atomic mass is 127. The molecule has 0 aliphatic heterocycles. The van der Waals surface area contributed by atoms with E-state index in [1.54, 1.807) is 18.2 Å². The first-order valence-electron chi connectivity index (χ1n) is 6.29. The third kappa shape index (κ3) is 4.90. The molecule has 6 heteroatoms. The van der Waals surface area contributed by atoms with E-state index in [4.69, 9.17) is 33.7 Å². The number of amides is 1. The number of carbonyl (C=O) groups is 1. The van der Waals surface area contributed by atoms with Crippen LogP contribution in [0.1, 0.15) is 11.1 Å². The third-order valence-corrected chi connectivity index (χ3v) is 4.36. The number of hydrogen-bond donors (Lipinski definition) is 1. The van der Waals surface area contributed by atoms with Gasteiger partial charge in [0.05, 0.1) is 13.6 Å². The van der Waals surface area contributed by atoms with Crippen molar-refractivity contribution in [3.05, 3.63) is 67.2 Å². The summed E-state index contributed by atoms with van der Waals surface area (Å²) in [6, 6.07) is 11.0. The average Bonchev–Trinajstić information content (AvgIpc) is 2.47. The standard InChI is InChI=1S/C16H12Cl2INO2/c17-12-4-1-11(7-13(12)18)9-22-15-5-2-10(8-14(15)19)3-6-16(20)21/h1-8H,9H2,(H2,20,21)/b6-3+. The SMILES string of the molecule is NC(=O)/C=C/c1ccc(OCc2ccc(Cl)c(Cl)c2)c(I)c1. The number of hydrogen-bond acceptors (Lipinski definition) is 2. The molecule has 0 heterocycles. The molecule has 0 aromatic heterocycles. The van der Waals surface area contributed by atoms with Crippen molar-refractivity contribution in [2.45, 2.75) is 6.61 Å². The smallest absolute Gasteiger partial charge is 0.241 e. The van der Waals surface area contributed by atoms with Crippen LogP contribution in [0.15, 0.2) is 42.5 Å². The number of carbonyl (C=O) groups excluding carboxylic acids is 1. The quantitative estimate of drug-likeness (QED) is 0.534. The number of rotatable bonds is 5. The molecule has 0 aliphatic rings. The van der Waals surface area contributed by atoms with E-state index in [0.29, 0.717) is 16.7 Å². The van der Waals surface area contributed by atoms with E-state index in [2.05, 4.69) is 22.6 Å². The van der Waals surface area contributed by atoms with Gasteiger partial charge in [-0.1, -0.05) is 35.3 Å². The number of halogens is 3. The van der Waals surface area contributed by atoms with E-state index in [9.17, 15) is 4.79 Å². The average molecular weight is 448 g/mol. The molecule has 3 nitrogen and oxygen atoms in total. The number of primary amides is 1.